The summed E-state index contributed by atoms with van der Waals surface area (Å²) in [5.74, 6) is 0.218. The number of carbonyl (C=O) groups is 1. The molecule has 14 heavy (non-hydrogen) atoms. The Morgan fingerprint density at radius 1 is 1.71 bits per heavy atom. The molecule has 0 radical (unpaired) electrons. The summed E-state index contributed by atoms with van der Waals surface area (Å²) in [5.41, 5.74) is 6.01. The average molecular weight is 191 g/mol. The van der Waals surface area contributed by atoms with Crippen LogP contribution in [0.5, 0.6) is 0 Å². The number of rotatable bonds is 5. The standard InChI is InChI=1S/C10H13N3O/c1-2-5-12-7-9(14)8-4-3-6-13-10(8)11/h2-4,6,12H,1,5,7H2,(H2,11,13). The lowest BCUT2D eigenvalue weighted by Crippen LogP contribution is -2.23. The number of anilines is 1. The Bertz CT molecular complexity index is 336. The van der Waals surface area contributed by atoms with Crippen molar-refractivity contribution in [2.24, 2.45) is 0 Å². The van der Waals surface area contributed by atoms with E-state index < -0.39 is 0 Å². The number of nitrogens with one attached hydrogen (secondary N) is 1. The molecule has 0 fully saturated rings. The van der Waals surface area contributed by atoms with Gasteiger partial charge in [-0.3, -0.25) is 4.79 Å². The zero-order valence-corrected chi connectivity index (χ0v) is 7.86. The topological polar surface area (TPSA) is 68.0 Å². The zero-order valence-electron chi connectivity index (χ0n) is 7.86. The van der Waals surface area contributed by atoms with E-state index in [1.165, 1.54) is 0 Å². The minimum Gasteiger partial charge on any atom is -0.383 e. The fourth-order valence-corrected chi connectivity index (χ4v) is 1.04. The van der Waals surface area contributed by atoms with E-state index in [2.05, 4.69) is 16.9 Å². The summed E-state index contributed by atoms with van der Waals surface area (Å²) in [5, 5.41) is 2.91. The van der Waals surface area contributed by atoms with Crippen LogP contribution in [0.4, 0.5) is 5.82 Å². The lowest BCUT2D eigenvalue weighted by Gasteiger charge is -2.03. The fourth-order valence-electron chi connectivity index (χ4n) is 1.04. The van der Waals surface area contributed by atoms with Crippen molar-refractivity contribution in [1.29, 1.82) is 0 Å². The third kappa shape index (κ3) is 2.67. The van der Waals surface area contributed by atoms with Gasteiger partial charge in [0.15, 0.2) is 5.78 Å². The van der Waals surface area contributed by atoms with Gasteiger partial charge in [-0.05, 0) is 12.1 Å². The molecule has 0 spiro atoms. The number of aromatic nitrogens is 1. The summed E-state index contributed by atoms with van der Waals surface area (Å²) in [6.07, 6.45) is 3.25. The number of pyridine rings is 1. The number of nitrogens with two attached hydrogens (primary N) is 1. The number of nitrogens with zero attached hydrogens (tertiary/aromatic N) is 1. The normalized spacial score (nSPS) is 9.71. The van der Waals surface area contributed by atoms with Crippen LogP contribution >= 0.6 is 0 Å². The fraction of sp³-hybridized carbons (Fsp3) is 0.200. The molecule has 74 valence electrons. The molecule has 0 aromatic carbocycles. The molecule has 0 aliphatic carbocycles. The number of carbonyl (C=O) groups excluding carboxylic acids is 1. The van der Waals surface area contributed by atoms with E-state index in [0.29, 0.717) is 12.1 Å². The van der Waals surface area contributed by atoms with Crippen molar-refractivity contribution in [3.8, 4) is 0 Å². The monoisotopic (exact) mass is 191 g/mol. The van der Waals surface area contributed by atoms with Gasteiger partial charge in [0.1, 0.15) is 5.82 Å². The third-order valence-corrected chi connectivity index (χ3v) is 1.71. The van der Waals surface area contributed by atoms with Crippen molar-refractivity contribution in [3.05, 3.63) is 36.5 Å². The number of ketones is 1. The zero-order chi connectivity index (χ0) is 10.4. The Balaban J connectivity index is 2.60. The van der Waals surface area contributed by atoms with Crippen LogP contribution in [0, 0.1) is 0 Å². The summed E-state index contributed by atoms with van der Waals surface area (Å²) in [6, 6.07) is 3.36. The molecule has 0 saturated carbocycles. The first-order valence-electron chi connectivity index (χ1n) is 4.31. The molecule has 0 amide bonds. The van der Waals surface area contributed by atoms with Gasteiger partial charge in [-0.15, -0.1) is 6.58 Å². The van der Waals surface area contributed by atoms with Gasteiger partial charge in [0.2, 0.25) is 0 Å². The van der Waals surface area contributed by atoms with Crippen LogP contribution in [-0.2, 0) is 0 Å². The summed E-state index contributed by atoms with van der Waals surface area (Å²) < 4.78 is 0. The van der Waals surface area contributed by atoms with Gasteiger partial charge in [0.05, 0.1) is 12.1 Å². The second-order valence-corrected chi connectivity index (χ2v) is 2.78. The molecule has 0 atom stereocenters. The molecule has 1 heterocycles. The molecule has 0 aliphatic heterocycles. The van der Waals surface area contributed by atoms with Gasteiger partial charge in [-0.2, -0.15) is 0 Å². The molecular formula is C10H13N3O. The Morgan fingerprint density at radius 3 is 3.14 bits per heavy atom. The Labute approximate surface area is 82.8 Å². The van der Waals surface area contributed by atoms with Gasteiger partial charge in [-0.25, -0.2) is 4.98 Å². The van der Waals surface area contributed by atoms with E-state index in [1.807, 2.05) is 0 Å². The predicted molar refractivity (Wildman–Crippen MR) is 56.0 cm³/mol. The minimum atomic E-state index is -0.0579. The largest absolute Gasteiger partial charge is 0.383 e. The van der Waals surface area contributed by atoms with Crippen molar-refractivity contribution in [2.75, 3.05) is 18.8 Å². The maximum atomic E-state index is 11.5. The lowest BCUT2D eigenvalue weighted by atomic mass is 10.1. The quantitative estimate of drug-likeness (QED) is 0.407. The first-order chi connectivity index (χ1) is 6.75. The molecule has 0 aliphatic rings. The molecule has 0 saturated heterocycles. The van der Waals surface area contributed by atoms with E-state index in [9.17, 15) is 4.79 Å². The summed E-state index contributed by atoms with van der Waals surface area (Å²) in [7, 11) is 0. The van der Waals surface area contributed by atoms with Crippen LogP contribution in [0.1, 0.15) is 10.4 Å². The molecule has 1 rings (SSSR count). The Kier molecular flexibility index (Phi) is 3.82. The van der Waals surface area contributed by atoms with Crippen molar-refractivity contribution in [3.63, 3.8) is 0 Å². The minimum absolute atomic E-state index is 0.0579. The molecule has 0 unspecified atom stereocenters. The van der Waals surface area contributed by atoms with Crippen LogP contribution in [0.2, 0.25) is 0 Å². The summed E-state index contributed by atoms with van der Waals surface area (Å²) in [6.45, 7) is 4.39. The van der Waals surface area contributed by atoms with Gasteiger partial charge < -0.3 is 11.1 Å². The van der Waals surface area contributed by atoms with Crippen molar-refractivity contribution >= 4 is 11.6 Å². The highest BCUT2D eigenvalue weighted by atomic mass is 16.1. The highest BCUT2D eigenvalue weighted by Gasteiger charge is 2.08. The van der Waals surface area contributed by atoms with Gasteiger partial charge in [-0.1, -0.05) is 6.08 Å². The summed E-state index contributed by atoms with van der Waals surface area (Å²) in [4.78, 5) is 15.4. The second-order valence-electron chi connectivity index (χ2n) is 2.78. The first-order valence-corrected chi connectivity index (χ1v) is 4.31. The van der Waals surface area contributed by atoms with E-state index in [4.69, 9.17) is 5.73 Å². The Hall–Kier alpha value is -1.68. The average Bonchev–Trinajstić information content (AvgIpc) is 2.18. The molecule has 4 nitrogen and oxygen atoms in total. The number of hydrogen-bond acceptors (Lipinski definition) is 4. The van der Waals surface area contributed by atoms with E-state index in [1.54, 1.807) is 24.4 Å². The molecular weight excluding hydrogens is 178 g/mol. The van der Waals surface area contributed by atoms with Crippen LogP contribution in [0.15, 0.2) is 31.0 Å². The first kappa shape index (κ1) is 10.4. The van der Waals surface area contributed by atoms with Crippen LogP contribution < -0.4 is 11.1 Å². The van der Waals surface area contributed by atoms with E-state index >= 15 is 0 Å². The third-order valence-electron chi connectivity index (χ3n) is 1.71. The molecule has 1 aromatic rings. The summed E-state index contributed by atoms with van der Waals surface area (Å²) >= 11 is 0. The van der Waals surface area contributed by atoms with Crippen LogP contribution in [-0.4, -0.2) is 23.9 Å². The van der Waals surface area contributed by atoms with Gasteiger partial charge >= 0.3 is 0 Å². The van der Waals surface area contributed by atoms with Crippen molar-refractivity contribution in [2.45, 2.75) is 0 Å². The number of nitrogen functional groups attached to an aromatic ring is 1. The smallest absolute Gasteiger partial charge is 0.180 e. The number of Topliss-reactive ketones (excluding diaryl/α,β-unsaturated/α-hetero) is 1. The maximum absolute atomic E-state index is 11.5. The van der Waals surface area contributed by atoms with Crippen LogP contribution in [0.3, 0.4) is 0 Å². The highest BCUT2D eigenvalue weighted by Crippen LogP contribution is 2.06. The molecule has 3 N–H and O–H groups in total. The maximum Gasteiger partial charge on any atom is 0.180 e. The van der Waals surface area contributed by atoms with Crippen LogP contribution in [0.25, 0.3) is 0 Å². The van der Waals surface area contributed by atoms with Crippen molar-refractivity contribution < 1.29 is 4.79 Å². The van der Waals surface area contributed by atoms with E-state index in [0.717, 1.165) is 0 Å². The number of hydrogen-bond donors (Lipinski definition) is 2. The van der Waals surface area contributed by atoms with Gasteiger partial charge in [0, 0.05) is 12.7 Å². The molecule has 4 heteroatoms. The predicted octanol–water partition coefficient (Wildman–Crippen LogP) is 0.622. The molecule has 0 bridgehead atoms. The second kappa shape index (κ2) is 5.14. The van der Waals surface area contributed by atoms with Crippen molar-refractivity contribution in [1.82, 2.24) is 10.3 Å². The highest BCUT2D eigenvalue weighted by molar-refractivity contribution is 6.01. The Morgan fingerprint density at radius 2 is 2.50 bits per heavy atom. The SMILES string of the molecule is C=CCNCC(=O)c1cccnc1N. The van der Waals surface area contributed by atoms with Gasteiger partial charge in [0.25, 0.3) is 0 Å². The molecule has 1 aromatic heterocycles. The van der Waals surface area contributed by atoms with E-state index in [-0.39, 0.29) is 18.1 Å². The lowest BCUT2D eigenvalue weighted by molar-refractivity contribution is 0.0993.